The van der Waals surface area contributed by atoms with Gasteiger partial charge in [-0.05, 0) is 62.2 Å². The van der Waals surface area contributed by atoms with Gasteiger partial charge >= 0.3 is 0 Å². The van der Waals surface area contributed by atoms with Gasteiger partial charge in [0.25, 0.3) is 0 Å². The first-order valence-electron chi connectivity index (χ1n) is 9.68. The second kappa shape index (κ2) is 9.61. The summed E-state index contributed by atoms with van der Waals surface area (Å²) in [6.07, 6.45) is 1.94. The number of carbonyl (C=O) groups is 2. The van der Waals surface area contributed by atoms with Crippen LogP contribution in [0.5, 0.6) is 0 Å². The molecule has 3 aromatic rings. The molecule has 2 amide bonds. The van der Waals surface area contributed by atoms with Crippen LogP contribution in [0.15, 0.2) is 52.7 Å². The van der Waals surface area contributed by atoms with Crippen LogP contribution in [0.1, 0.15) is 19.8 Å². The molecule has 160 valence electrons. The third-order valence-electron chi connectivity index (χ3n) is 4.69. The molecule has 1 aromatic heterocycles. The molecule has 0 radical (unpaired) electrons. The fourth-order valence-corrected chi connectivity index (χ4v) is 4.91. The molecule has 2 N–H and O–H groups in total. The SMILES string of the molecule is CC(Sc1ccc(NC(=O)C2CC2)cc1)C(=O)Nc1nc(-c2ccc(Cl)cc2Cl)cs1. The van der Waals surface area contributed by atoms with E-state index in [-0.39, 0.29) is 23.0 Å². The molecule has 0 aliphatic heterocycles. The van der Waals surface area contributed by atoms with Gasteiger partial charge < -0.3 is 10.6 Å². The van der Waals surface area contributed by atoms with E-state index in [0.29, 0.717) is 20.9 Å². The normalized spacial score (nSPS) is 14.2. The summed E-state index contributed by atoms with van der Waals surface area (Å²) in [6, 6.07) is 12.7. The third kappa shape index (κ3) is 5.80. The zero-order valence-electron chi connectivity index (χ0n) is 16.5. The van der Waals surface area contributed by atoms with Gasteiger partial charge in [0.1, 0.15) is 0 Å². The van der Waals surface area contributed by atoms with Crippen LogP contribution in [0.4, 0.5) is 10.8 Å². The molecule has 1 heterocycles. The van der Waals surface area contributed by atoms with Gasteiger partial charge in [0, 0.05) is 32.5 Å². The van der Waals surface area contributed by atoms with Crippen molar-refractivity contribution in [1.29, 1.82) is 0 Å². The molecule has 1 atom stereocenters. The second-order valence-corrected chi connectivity index (χ2v) is 10.3. The van der Waals surface area contributed by atoms with Crippen molar-refractivity contribution in [3.8, 4) is 11.3 Å². The highest BCUT2D eigenvalue weighted by Crippen LogP contribution is 2.33. The maximum atomic E-state index is 12.6. The van der Waals surface area contributed by atoms with E-state index in [1.807, 2.05) is 36.6 Å². The Bertz CT molecular complexity index is 1110. The lowest BCUT2D eigenvalue weighted by Gasteiger charge is -2.11. The molecule has 1 unspecified atom stereocenters. The van der Waals surface area contributed by atoms with Gasteiger partial charge in [-0.2, -0.15) is 0 Å². The topological polar surface area (TPSA) is 71.1 Å². The van der Waals surface area contributed by atoms with Gasteiger partial charge in [-0.25, -0.2) is 4.98 Å². The lowest BCUT2D eigenvalue weighted by atomic mass is 10.2. The molecule has 0 saturated heterocycles. The average Bonchev–Trinajstić information content (AvgIpc) is 3.49. The van der Waals surface area contributed by atoms with E-state index in [0.717, 1.165) is 29.0 Å². The van der Waals surface area contributed by atoms with Crippen molar-refractivity contribution in [2.45, 2.75) is 29.9 Å². The van der Waals surface area contributed by atoms with Crippen LogP contribution in [0.2, 0.25) is 10.0 Å². The molecular weight excluding hydrogens is 473 g/mol. The first-order valence-corrected chi connectivity index (χ1v) is 12.2. The fourth-order valence-electron chi connectivity index (χ4n) is 2.82. The lowest BCUT2D eigenvalue weighted by Crippen LogP contribution is -2.22. The van der Waals surface area contributed by atoms with E-state index < -0.39 is 0 Å². The van der Waals surface area contributed by atoms with E-state index in [1.165, 1.54) is 23.1 Å². The molecule has 4 rings (SSSR count). The smallest absolute Gasteiger partial charge is 0.239 e. The van der Waals surface area contributed by atoms with Gasteiger partial charge in [0.15, 0.2) is 5.13 Å². The summed E-state index contributed by atoms with van der Waals surface area (Å²) in [7, 11) is 0. The largest absolute Gasteiger partial charge is 0.326 e. The Hall–Kier alpha value is -2.06. The second-order valence-electron chi connectivity index (χ2n) is 7.20. The van der Waals surface area contributed by atoms with Gasteiger partial charge in [0.05, 0.1) is 16.0 Å². The zero-order valence-corrected chi connectivity index (χ0v) is 19.7. The highest BCUT2D eigenvalue weighted by Gasteiger charge is 2.29. The average molecular weight is 492 g/mol. The molecule has 5 nitrogen and oxygen atoms in total. The minimum absolute atomic E-state index is 0.0795. The standard InChI is InChI=1S/C22H19Cl2N3O2S2/c1-12(31-16-7-5-15(6-8-16)25-21(29)13-2-3-13)20(28)27-22-26-19(11-30-22)17-9-4-14(23)10-18(17)24/h4-13H,2-3H2,1H3,(H,25,29)(H,26,27,28). The van der Waals surface area contributed by atoms with Crippen LogP contribution < -0.4 is 10.6 Å². The molecule has 31 heavy (non-hydrogen) atoms. The number of nitrogens with zero attached hydrogens (tertiary/aromatic N) is 1. The van der Waals surface area contributed by atoms with Crippen molar-refractivity contribution in [3.63, 3.8) is 0 Å². The summed E-state index contributed by atoms with van der Waals surface area (Å²) in [5.41, 5.74) is 2.22. The number of amides is 2. The minimum atomic E-state index is -0.321. The van der Waals surface area contributed by atoms with E-state index in [4.69, 9.17) is 23.2 Å². The summed E-state index contributed by atoms with van der Waals surface area (Å²) < 4.78 is 0. The van der Waals surface area contributed by atoms with Crippen molar-refractivity contribution < 1.29 is 9.59 Å². The number of anilines is 2. The number of carbonyl (C=O) groups excluding carboxylic acids is 2. The summed E-state index contributed by atoms with van der Waals surface area (Å²) in [5, 5.41) is 8.87. The summed E-state index contributed by atoms with van der Waals surface area (Å²) in [5.74, 6) is 0.106. The predicted octanol–water partition coefficient (Wildman–Crippen LogP) is 6.58. The van der Waals surface area contributed by atoms with Crippen molar-refractivity contribution in [2.75, 3.05) is 10.6 Å². The van der Waals surface area contributed by atoms with Crippen LogP contribution in [0, 0.1) is 5.92 Å². The Morgan fingerprint density at radius 3 is 2.55 bits per heavy atom. The number of thiazole rings is 1. The molecule has 0 spiro atoms. The van der Waals surface area contributed by atoms with Gasteiger partial charge in [-0.1, -0.05) is 23.2 Å². The molecular formula is C22H19Cl2N3O2S2. The van der Waals surface area contributed by atoms with Gasteiger partial charge in [0.2, 0.25) is 11.8 Å². The Balaban J connectivity index is 1.33. The van der Waals surface area contributed by atoms with Crippen LogP contribution in [0.3, 0.4) is 0 Å². The number of hydrogen-bond acceptors (Lipinski definition) is 5. The van der Waals surface area contributed by atoms with Gasteiger partial charge in [-0.15, -0.1) is 23.1 Å². The van der Waals surface area contributed by atoms with E-state index in [2.05, 4.69) is 15.6 Å². The van der Waals surface area contributed by atoms with Crippen molar-refractivity contribution >= 4 is 68.9 Å². The Labute approximate surface area is 198 Å². The first-order chi connectivity index (χ1) is 14.9. The molecule has 1 saturated carbocycles. The first kappa shape index (κ1) is 22.1. The molecule has 0 bridgehead atoms. The Kier molecular flexibility index (Phi) is 6.86. The molecule has 1 fully saturated rings. The van der Waals surface area contributed by atoms with E-state index >= 15 is 0 Å². The maximum Gasteiger partial charge on any atom is 0.239 e. The molecule has 2 aromatic carbocycles. The summed E-state index contributed by atoms with van der Waals surface area (Å²) in [4.78, 5) is 29.9. The lowest BCUT2D eigenvalue weighted by molar-refractivity contribution is -0.117. The quantitative estimate of drug-likeness (QED) is 0.365. The number of nitrogens with one attached hydrogen (secondary N) is 2. The van der Waals surface area contributed by atoms with Crippen molar-refractivity contribution in [1.82, 2.24) is 4.98 Å². The maximum absolute atomic E-state index is 12.6. The number of thioether (sulfide) groups is 1. The molecule has 1 aliphatic carbocycles. The summed E-state index contributed by atoms with van der Waals surface area (Å²) >= 11 is 15.0. The molecule has 1 aliphatic rings. The van der Waals surface area contributed by atoms with Crippen LogP contribution in [-0.4, -0.2) is 22.0 Å². The number of hydrogen-bond donors (Lipinski definition) is 2. The van der Waals surface area contributed by atoms with Gasteiger partial charge in [-0.3, -0.25) is 9.59 Å². The monoisotopic (exact) mass is 491 g/mol. The van der Waals surface area contributed by atoms with Crippen molar-refractivity contribution in [2.24, 2.45) is 5.92 Å². The van der Waals surface area contributed by atoms with E-state index in [1.54, 1.807) is 18.2 Å². The number of rotatable bonds is 7. The molecule has 9 heteroatoms. The van der Waals surface area contributed by atoms with Crippen LogP contribution in [-0.2, 0) is 9.59 Å². The Morgan fingerprint density at radius 1 is 1.13 bits per heavy atom. The summed E-state index contributed by atoms with van der Waals surface area (Å²) in [6.45, 7) is 1.84. The Morgan fingerprint density at radius 2 is 1.87 bits per heavy atom. The zero-order chi connectivity index (χ0) is 22.0. The third-order valence-corrected chi connectivity index (χ3v) is 7.11. The predicted molar refractivity (Wildman–Crippen MR) is 129 cm³/mol. The minimum Gasteiger partial charge on any atom is -0.326 e. The van der Waals surface area contributed by atoms with Crippen LogP contribution in [0.25, 0.3) is 11.3 Å². The highest BCUT2D eigenvalue weighted by atomic mass is 35.5. The highest BCUT2D eigenvalue weighted by molar-refractivity contribution is 8.00. The number of benzene rings is 2. The number of halogens is 2. The van der Waals surface area contributed by atoms with E-state index in [9.17, 15) is 9.59 Å². The van der Waals surface area contributed by atoms with Crippen molar-refractivity contribution in [3.05, 3.63) is 57.9 Å². The number of aromatic nitrogens is 1. The van der Waals surface area contributed by atoms with Crippen LogP contribution >= 0.6 is 46.3 Å². The fraction of sp³-hybridized carbons (Fsp3) is 0.227.